The highest BCUT2D eigenvalue weighted by molar-refractivity contribution is 9.11. The van der Waals surface area contributed by atoms with Gasteiger partial charge >= 0.3 is 0 Å². The Morgan fingerprint density at radius 1 is 1.06 bits per heavy atom. The molecule has 1 saturated heterocycles. The van der Waals surface area contributed by atoms with Gasteiger partial charge in [0.25, 0.3) is 5.91 Å². The molecule has 0 unspecified atom stereocenters. The van der Waals surface area contributed by atoms with E-state index < -0.39 is 0 Å². The number of hydrogen-bond donors (Lipinski definition) is 1. The summed E-state index contributed by atoms with van der Waals surface area (Å²) in [5, 5.41) is 3.29. The van der Waals surface area contributed by atoms with Gasteiger partial charge in [-0.2, -0.15) is 0 Å². The predicted molar refractivity (Wildman–Crippen MR) is 136 cm³/mol. The smallest absolute Gasteiger partial charge is 0.264 e. The van der Waals surface area contributed by atoms with Gasteiger partial charge in [-0.15, -0.1) is 0 Å². The summed E-state index contributed by atoms with van der Waals surface area (Å²) in [4.78, 5) is 17.4. The number of aliphatic imine (C=N–C) groups is 1. The standard InChI is InChI=1S/C24H17Br2FN2O3S/c1-31-18-8-6-17(7-9-18)28-24-29-23(30)21(33-24)12-15-10-19(25)22(20(26)11-15)32-13-14-2-4-16(27)5-3-14/h2-12H,13H2,1H3,(H,28,29,30)/b21-12+. The van der Waals surface area contributed by atoms with Crippen molar-refractivity contribution in [3.63, 3.8) is 0 Å². The molecule has 1 N–H and O–H groups in total. The van der Waals surface area contributed by atoms with E-state index in [1.54, 1.807) is 25.3 Å². The van der Waals surface area contributed by atoms with Crippen molar-refractivity contribution in [3.05, 3.63) is 91.5 Å². The number of thioether (sulfide) groups is 1. The van der Waals surface area contributed by atoms with Crippen LogP contribution in [0.4, 0.5) is 10.1 Å². The molecule has 4 rings (SSSR count). The van der Waals surface area contributed by atoms with Crippen LogP contribution in [0.15, 0.2) is 79.5 Å². The number of carbonyl (C=O) groups is 1. The first-order valence-corrected chi connectivity index (χ1v) is 12.1. The number of amides is 1. The molecule has 1 aliphatic heterocycles. The zero-order valence-corrected chi connectivity index (χ0v) is 21.3. The molecular weight excluding hydrogens is 575 g/mol. The maximum absolute atomic E-state index is 13.1. The molecule has 0 radical (unpaired) electrons. The van der Waals surface area contributed by atoms with Gasteiger partial charge in [-0.25, -0.2) is 9.38 Å². The molecule has 0 bridgehead atoms. The average molecular weight is 592 g/mol. The maximum atomic E-state index is 13.1. The molecule has 0 atom stereocenters. The fraction of sp³-hybridized carbons (Fsp3) is 0.0833. The number of amidine groups is 1. The van der Waals surface area contributed by atoms with E-state index in [9.17, 15) is 9.18 Å². The van der Waals surface area contributed by atoms with E-state index in [-0.39, 0.29) is 11.7 Å². The highest BCUT2D eigenvalue weighted by Gasteiger charge is 2.24. The van der Waals surface area contributed by atoms with Crippen molar-refractivity contribution in [1.29, 1.82) is 0 Å². The first-order valence-electron chi connectivity index (χ1n) is 9.71. The van der Waals surface area contributed by atoms with Gasteiger partial charge in [-0.3, -0.25) is 4.79 Å². The summed E-state index contributed by atoms with van der Waals surface area (Å²) >= 11 is 8.33. The van der Waals surface area contributed by atoms with E-state index in [0.717, 1.165) is 25.8 Å². The van der Waals surface area contributed by atoms with Crippen LogP contribution in [-0.4, -0.2) is 18.2 Å². The molecule has 0 aromatic heterocycles. The zero-order chi connectivity index (χ0) is 23.4. The number of carbonyl (C=O) groups excluding carboxylic acids is 1. The Bertz CT molecular complexity index is 1220. The monoisotopic (exact) mass is 590 g/mol. The maximum Gasteiger partial charge on any atom is 0.264 e. The third kappa shape index (κ3) is 6.04. The minimum absolute atomic E-state index is 0.212. The summed E-state index contributed by atoms with van der Waals surface area (Å²) in [5.41, 5.74) is 2.38. The van der Waals surface area contributed by atoms with E-state index in [1.165, 1.54) is 23.9 Å². The summed E-state index contributed by atoms with van der Waals surface area (Å²) < 4.78 is 25.6. The van der Waals surface area contributed by atoms with Gasteiger partial charge in [0.05, 0.1) is 26.6 Å². The van der Waals surface area contributed by atoms with E-state index in [0.29, 0.717) is 28.1 Å². The molecule has 0 spiro atoms. The Labute approximate surface area is 211 Å². The molecule has 9 heteroatoms. The quantitative estimate of drug-likeness (QED) is 0.319. The number of methoxy groups -OCH3 is 1. The molecule has 0 aliphatic carbocycles. The van der Waals surface area contributed by atoms with Gasteiger partial charge in [0, 0.05) is 0 Å². The van der Waals surface area contributed by atoms with E-state index in [4.69, 9.17) is 9.47 Å². The van der Waals surface area contributed by atoms with Crippen molar-refractivity contribution in [3.8, 4) is 11.5 Å². The Morgan fingerprint density at radius 3 is 2.36 bits per heavy atom. The van der Waals surface area contributed by atoms with E-state index in [2.05, 4.69) is 42.2 Å². The minimum atomic E-state index is -0.287. The van der Waals surface area contributed by atoms with Crippen molar-refractivity contribution < 1.29 is 18.7 Å². The normalized spacial score (nSPS) is 15.7. The fourth-order valence-electron chi connectivity index (χ4n) is 2.94. The molecule has 1 amide bonds. The van der Waals surface area contributed by atoms with Crippen LogP contribution < -0.4 is 14.8 Å². The van der Waals surface area contributed by atoms with E-state index in [1.807, 2.05) is 36.4 Å². The van der Waals surface area contributed by atoms with Crippen LogP contribution in [0.2, 0.25) is 0 Å². The molecule has 1 aliphatic rings. The molecular formula is C24H17Br2FN2O3S. The summed E-state index contributed by atoms with van der Waals surface area (Å²) in [6.45, 7) is 0.293. The van der Waals surface area contributed by atoms with Crippen molar-refractivity contribution in [2.75, 3.05) is 7.11 Å². The first-order chi connectivity index (χ1) is 15.9. The second-order valence-electron chi connectivity index (χ2n) is 6.91. The largest absolute Gasteiger partial charge is 0.497 e. The van der Waals surface area contributed by atoms with Crippen LogP contribution in [0, 0.1) is 5.82 Å². The average Bonchev–Trinajstić information content (AvgIpc) is 3.13. The number of rotatable bonds is 6. The van der Waals surface area contributed by atoms with Crippen molar-refractivity contribution in [1.82, 2.24) is 5.32 Å². The fourth-order valence-corrected chi connectivity index (χ4v) is 5.24. The highest BCUT2D eigenvalue weighted by Crippen LogP contribution is 2.37. The van der Waals surface area contributed by atoms with Gasteiger partial charge in [0.15, 0.2) is 5.17 Å². The number of halogens is 3. The SMILES string of the molecule is COc1ccc(N=C2NC(=O)/C(=C\c3cc(Br)c(OCc4ccc(F)cc4)c(Br)c3)S2)cc1. The second-order valence-corrected chi connectivity index (χ2v) is 9.65. The van der Waals surface area contributed by atoms with Crippen molar-refractivity contribution in [2.24, 2.45) is 4.99 Å². The van der Waals surface area contributed by atoms with Gasteiger partial charge in [-0.05, 0) is 109 Å². The van der Waals surface area contributed by atoms with Crippen LogP contribution in [-0.2, 0) is 11.4 Å². The zero-order valence-electron chi connectivity index (χ0n) is 17.3. The van der Waals surface area contributed by atoms with Gasteiger partial charge in [-0.1, -0.05) is 12.1 Å². The van der Waals surface area contributed by atoms with Crippen molar-refractivity contribution >= 4 is 66.5 Å². The van der Waals surface area contributed by atoms with Gasteiger partial charge in [0.1, 0.15) is 23.9 Å². The summed E-state index contributed by atoms with van der Waals surface area (Å²) in [5.74, 6) is 0.858. The summed E-state index contributed by atoms with van der Waals surface area (Å²) in [6, 6.07) is 17.1. The summed E-state index contributed by atoms with van der Waals surface area (Å²) in [6.07, 6.45) is 1.79. The molecule has 0 saturated carbocycles. The summed E-state index contributed by atoms with van der Waals surface area (Å²) in [7, 11) is 1.60. The molecule has 33 heavy (non-hydrogen) atoms. The molecule has 1 heterocycles. The lowest BCUT2D eigenvalue weighted by Crippen LogP contribution is -2.19. The predicted octanol–water partition coefficient (Wildman–Crippen LogP) is 6.83. The topological polar surface area (TPSA) is 59.9 Å². The van der Waals surface area contributed by atoms with Crippen LogP contribution in [0.5, 0.6) is 11.5 Å². The number of benzene rings is 3. The minimum Gasteiger partial charge on any atom is -0.497 e. The third-order valence-corrected chi connectivity index (χ3v) is 6.66. The molecule has 3 aromatic rings. The Kier molecular flexibility index (Phi) is 7.52. The number of hydrogen-bond acceptors (Lipinski definition) is 5. The van der Waals surface area contributed by atoms with Crippen molar-refractivity contribution in [2.45, 2.75) is 6.61 Å². The number of ether oxygens (including phenoxy) is 2. The molecule has 1 fully saturated rings. The first kappa shape index (κ1) is 23.5. The third-order valence-electron chi connectivity index (χ3n) is 4.57. The lowest BCUT2D eigenvalue weighted by molar-refractivity contribution is -0.115. The van der Waals surface area contributed by atoms with Gasteiger partial charge in [0.2, 0.25) is 0 Å². The van der Waals surface area contributed by atoms with Crippen LogP contribution in [0.25, 0.3) is 6.08 Å². The lowest BCUT2D eigenvalue weighted by Gasteiger charge is -2.11. The van der Waals surface area contributed by atoms with E-state index >= 15 is 0 Å². The van der Waals surface area contributed by atoms with Crippen LogP contribution in [0.3, 0.4) is 0 Å². The Morgan fingerprint density at radius 2 is 1.73 bits per heavy atom. The van der Waals surface area contributed by atoms with Crippen LogP contribution in [0.1, 0.15) is 11.1 Å². The number of nitrogens with one attached hydrogen (secondary N) is 1. The lowest BCUT2D eigenvalue weighted by atomic mass is 10.2. The molecule has 168 valence electrons. The van der Waals surface area contributed by atoms with Crippen LogP contribution >= 0.6 is 43.6 Å². The highest BCUT2D eigenvalue weighted by atomic mass is 79.9. The molecule has 3 aromatic carbocycles. The second kappa shape index (κ2) is 10.5. The Hall–Kier alpha value is -2.62. The molecule has 5 nitrogen and oxygen atoms in total. The van der Waals surface area contributed by atoms with Gasteiger partial charge < -0.3 is 14.8 Å². The number of nitrogens with zero attached hydrogens (tertiary/aromatic N) is 1. The Balaban J connectivity index is 1.48.